The zero-order chi connectivity index (χ0) is 15.4. The molecule has 1 aliphatic heterocycles. The summed E-state index contributed by atoms with van der Waals surface area (Å²) in [6.45, 7) is 13.4. The average Bonchev–Trinajstić information content (AvgIpc) is 2.76. The second-order valence-electron chi connectivity index (χ2n) is 7.38. The lowest BCUT2D eigenvalue weighted by molar-refractivity contribution is 0.235. The number of nitrogens with one attached hydrogen (secondary N) is 1. The number of rotatable bonds is 7. The second kappa shape index (κ2) is 7.23. The lowest BCUT2D eigenvalue weighted by atomic mass is 10.1. The molecule has 0 radical (unpaired) electrons. The van der Waals surface area contributed by atoms with E-state index in [1.807, 2.05) is 0 Å². The van der Waals surface area contributed by atoms with Crippen molar-refractivity contribution < 1.29 is 8.42 Å². The molecule has 0 aromatic rings. The molecule has 0 aromatic carbocycles. The van der Waals surface area contributed by atoms with E-state index in [0.29, 0.717) is 18.5 Å². The maximum atomic E-state index is 12.2. The van der Waals surface area contributed by atoms with Gasteiger partial charge in [-0.2, -0.15) is 0 Å². The Hall–Kier alpha value is -0.130. The van der Waals surface area contributed by atoms with Crippen molar-refractivity contribution in [2.75, 3.05) is 31.9 Å². The summed E-state index contributed by atoms with van der Waals surface area (Å²) in [6.07, 6.45) is 2.45. The maximum Gasteiger partial charge on any atom is 0.156 e. The molecule has 20 heavy (non-hydrogen) atoms. The minimum absolute atomic E-state index is 0.260. The van der Waals surface area contributed by atoms with Crippen molar-refractivity contribution in [3.05, 3.63) is 0 Å². The van der Waals surface area contributed by atoms with Gasteiger partial charge in [-0.25, -0.2) is 8.42 Å². The van der Waals surface area contributed by atoms with Gasteiger partial charge in [0.25, 0.3) is 0 Å². The molecule has 1 N–H and O–H groups in total. The molecule has 1 rings (SSSR count). The highest BCUT2D eigenvalue weighted by atomic mass is 32.2. The van der Waals surface area contributed by atoms with Gasteiger partial charge in [-0.3, -0.25) is 0 Å². The van der Waals surface area contributed by atoms with Gasteiger partial charge in [0.1, 0.15) is 0 Å². The molecule has 4 nitrogen and oxygen atoms in total. The number of sulfone groups is 1. The van der Waals surface area contributed by atoms with Crippen LogP contribution in [0.1, 0.15) is 47.5 Å². The molecular formula is C15H32N2O2S. The van der Waals surface area contributed by atoms with Gasteiger partial charge in [0.2, 0.25) is 0 Å². The van der Waals surface area contributed by atoms with Crippen LogP contribution in [0.15, 0.2) is 0 Å². The lowest BCUT2D eigenvalue weighted by Gasteiger charge is -2.28. The van der Waals surface area contributed by atoms with Crippen LogP contribution in [-0.4, -0.2) is 56.0 Å². The van der Waals surface area contributed by atoms with Crippen LogP contribution in [0.2, 0.25) is 0 Å². The zero-order valence-corrected chi connectivity index (χ0v) is 14.6. The summed E-state index contributed by atoms with van der Waals surface area (Å²) >= 11 is 0. The summed E-state index contributed by atoms with van der Waals surface area (Å²) in [4.78, 5) is 2.32. The third kappa shape index (κ3) is 5.70. The monoisotopic (exact) mass is 304 g/mol. The SMILES string of the molecule is CC(C)CN(CCS(=O)(=O)C(C)(C)C)CC1CCCN1. The highest BCUT2D eigenvalue weighted by Gasteiger charge is 2.29. The van der Waals surface area contributed by atoms with Crippen molar-refractivity contribution in [3.63, 3.8) is 0 Å². The van der Waals surface area contributed by atoms with Crippen molar-refractivity contribution in [2.24, 2.45) is 5.92 Å². The van der Waals surface area contributed by atoms with Crippen LogP contribution in [0.3, 0.4) is 0 Å². The molecule has 0 amide bonds. The normalized spacial score (nSPS) is 21.1. The van der Waals surface area contributed by atoms with Gasteiger partial charge in [0.05, 0.1) is 10.5 Å². The molecule has 0 bridgehead atoms. The van der Waals surface area contributed by atoms with Gasteiger partial charge in [-0.15, -0.1) is 0 Å². The molecule has 0 aromatic heterocycles. The van der Waals surface area contributed by atoms with Crippen LogP contribution in [-0.2, 0) is 9.84 Å². The highest BCUT2D eigenvalue weighted by molar-refractivity contribution is 7.92. The molecule has 1 aliphatic rings. The molecule has 1 saturated heterocycles. The Morgan fingerprint density at radius 1 is 1.30 bits per heavy atom. The highest BCUT2D eigenvalue weighted by Crippen LogP contribution is 2.17. The molecule has 0 saturated carbocycles. The lowest BCUT2D eigenvalue weighted by Crippen LogP contribution is -2.43. The minimum Gasteiger partial charge on any atom is -0.313 e. The average molecular weight is 305 g/mol. The van der Waals surface area contributed by atoms with Crippen molar-refractivity contribution in [3.8, 4) is 0 Å². The Labute approximate surface area is 125 Å². The third-order valence-electron chi connectivity index (χ3n) is 3.87. The fraction of sp³-hybridized carbons (Fsp3) is 1.00. The summed E-state index contributed by atoms with van der Waals surface area (Å²) in [7, 11) is -3.02. The van der Waals surface area contributed by atoms with Gasteiger partial charge in [-0.1, -0.05) is 13.8 Å². The molecule has 1 unspecified atom stereocenters. The Morgan fingerprint density at radius 3 is 2.40 bits per heavy atom. The van der Waals surface area contributed by atoms with Crippen LogP contribution in [0, 0.1) is 5.92 Å². The van der Waals surface area contributed by atoms with E-state index in [-0.39, 0.29) is 5.75 Å². The molecule has 0 spiro atoms. The predicted octanol–water partition coefficient (Wildman–Crippen LogP) is 1.91. The zero-order valence-electron chi connectivity index (χ0n) is 13.8. The van der Waals surface area contributed by atoms with Crippen LogP contribution in [0.25, 0.3) is 0 Å². The van der Waals surface area contributed by atoms with E-state index in [2.05, 4.69) is 24.1 Å². The van der Waals surface area contributed by atoms with E-state index < -0.39 is 14.6 Å². The van der Waals surface area contributed by atoms with Crippen LogP contribution < -0.4 is 5.32 Å². The van der Waals surface area contributed by atoms with Crippen molar-refractivity contribution in [2.45, 2.75) is 58.2 Å². The standard InChI is InChI=1S/C15H32N2O2S/c1-13(2)11-17(12-14-7-6-8-16-14)9-10-20(18,19)15(3,4)5/h13-14,16H,6-12H2,1-5H3. The Morgan fingerprint density at radius 2 is 1.95 bits per heavy atom. The maximum absolute atomic E-state index is 12.2. The molecule has 120 valence electrons. The first-order valence-corrected chi connectivity index (χ1v) is 9.45. The van der Waals surface area contributed by atoms with Gasteiger partial charge < -0.3 is 10.2 Å². The van der Waals surface area contributed by atoms with Crippen LogP contribution in [0.5, 0.6) is 0 Å². The Bertz CT molecular complexity index is 379. The molecule has 1 fully saturated rings. The van der Waals surface area contributed by atoms with E-state index in [4.69, 9.17) is 0 Å². The van der Waals surface area contributed by atoms with Crippen molar-refractivity contribution in [1.29, 1.82) is 0 Å². The fourth-order valence-electron chi connectivity index (χ4n) is 2.55. The van der Waals surface area contributed by atoms with E-state index in [1.54, 1.807) is 20.8 Å². The molecule has 1 heterocycles. The van der Waals surface area contributed by atoms with Crippen molar-refractivity contribution >= 4 is 9.84 Å². The van der Waals surface area contributed by atoms with Gasteiger partial charge >= 0.3 is 0 Å². The molecular weight excluding hydrogens is 272 g/mol. The largest absolute Gasteiger partial charge is 0.313 e. The van der Waals surface area contributed by atoms with E-state index >= 15 is 0 Å². The van der Waals surface area contributed by atoms with Crippen LogP contribution >= 0.6 is 0 Å². The smallest absolute Gasteiger partial charge is 0.156 e. The fourth-order valence-corrected chi connectivity index (χ4v) is 3.66. The first-order chi connectivity index (χ1) is 9.12. The quantitative estimate of drug-likeness (QED) is 0.780. The Kier molecular flexibility index (Phi) is 6.48. The van der Waals surface area contributed by atoms with E-state index in [1.165, 1.54) is 12.8 Å². The van der Waals surface area contributed by atoms with Crippen LogP contribution in [0.4, 0.5) is 0 Å². The Balaban J connectivity index is 2.56. The summed E-state index contributed by atoms with van der Waals surface area (Å²) in [6, 6.07) is 0.533. The topological polar surface area (TPSA) is 49.4 Å². The molecule has 5 heteroatoms. The van der Waals surface area contributed by atoms with Gasteiger partial charge in [0.15, 0.2) is 9.84 Å². The summed E-state index contributed by atoms with van der Waals surface area (Å²) in [5.41, 5.74) is 0. The molecule has 1 atom stereocenters. The van der Waals surface area contributed by atoms with Gasteiger partial charge in [-0.05, 0) is 46.1 Å². The number of nitrogens with zero attached hydrogens (tertiary/aromatic N) is 1. The second-order valence-corrected chi connectivity index (χ2v) is 10.2. The molecule has 0 aliphatic carbocycles. The van der Waals surface area contributed by atoms with Gasteiger partial charge in [0, 0.05) is 25.7 Å². The number of hydrogen-bond acceptors (Lipinski definition) is 4. The summed E-state index contributed by atoms with van der Waals surface area (Å²) in [5, 5.41) is 3.50. The van der Waals surface area contributed by atoms with Crippen molar-refractivity contribution in [1.82, 2.24) is 10.2 Å². The first-order valence-electron chi connectivity index (χ1n) is 7.80. The third-order valence-corrected chi connectivity index (χ3v) is 6.46. The van der Waals surface area contributed by atoms with E-state index in [9.17, 15) is 8.42 Å². The minimum atomic E-state index is -3.02. The predicted molar refractivity (Wildman–Crippen MR) is 85.8 cm³/mol. The summed E-state index contributed by atoms with van der Waals surface area (Å²) in [5.74, 6) is 0.824. The van der Waals surface area contributed by atoms with E-state index in [0.717, 1.165) is 19.6 Å². The summed E-state index contributed by atoms with van der Waals surface area (Å²) < 4.78 is 23.8. The number of hydrogen-bond donors (Lipinski definition) is 1. The first kappa shape index (κ1) is 17.9.